The highest BCUT2D eigenvalue weighted by atomic mass is 16.3. The van der Waals surface area contributed by atoms with Crippen LogP contribution in [0.5, 0.6) is 0 Å². The van der Waals surface area contributed by atoms with Crippen LogP contribution >= 0.6 is 0 Å². The molecule has 2 aromatic carbocycles. The first kappa shape index (κ1) is 15.7. The number of benzene rings is 2. The number of nitrogens with one attached hydrogen (secondary N) is 1. The van der Waals surface area contributed by atoms with E-state index in [0.29, 0.717) is 0 Å². The molecule has 0 aromatic heterocycles. The zero-order valence-electron chi connectivity index (χ0n) is 13.1. The van der Waals surface area contributed by atoms with E-state index in [9.17, 15) is 5.11 Å². The van der Waals surface area contributed by atoms with Gasteiger partial charge in [-0.3, -0.25) is 0 Å². The molecule has 21 heavy (non-hydrogen) atoms. The zero-order chi connectivity index (χ0) is 15.3. The van der Waals surface area contributed by atoms with E-state index in [1.165, 1.54) is 16.7 Å². The monoisotopic (exact) mass is 283 g/mol. The summed E-state index contributed by atoms with van der Waals surface area (Å²) >= 11 is 0. The van der Waals surface area contributed by atoms with Crippen LogP contribution in [0.15, 0.2) is 54.6 Å². The van der Waals surface area contributed by atoms with Crippen molar-refractivity contribution in [2.75, 3.05) is 6.61 Å². The minimum Gasteiger partial charge on any atom is -0.394 e. The van der Waals surface area contributed by atoms with Crippen molar-refractivity contribution in [3.05, 3.63) is 71.3 Å². The minimum atomic E-state index is -0.301. The second kappa shape index (κ2) is 6.88. The predicted molar refractivity (Wildman–Crippen MR) is 88.4 cm³/mol. The molecule has 1 atom stereocenters. The summed E-state index contributed by atoms with van der Waals surface area (Å²) < 4.78 is 0. The Labute approximate surface area is 127 Å². The molecule has 112 valence electrons. The summed E-state index contributed by atoms with van der Waals surface area (Å²) in [6, 6.07) is 19.3. The minimum absolute atomic E-state index is 0.115. The fraction of sp³-hybridized carbons (Fsp3) is 0.368. The fourth-order valence-electron chi connectivity index (χ4n) is 2.42. The van der Waals surface area contributed by atoms with E-state index < -0.39 is 0 Å². The van der Waals surface area contributed by atoms with Crippen molar-refractivity contribution >= 4 is 0 Å². The van der Waals surface area contributed by atoms with Crippen LogP contribution in [0.25, 0.3) is 0 Å². The Morgan fingerprint density at radius 1 is 1.00 bits per heavy atom. The second-order valence-corrected chi connectivity index (χ2v) is 6.34. The van der Waals surface area contributed by atoms with Gasteiger partial charge in [0, 0.05) is 11.6 Å². The lowest BCUT2D eigenvalue weighted by Gasteiger charge is -2.31. The number of rotatable bonds is 6. The smallest absolute Gasteiger partial charge is 0.0608 e. The molecule has 2 rings (SSSR count). The Morgan fingerprint density at radius 2 is 1.62 bits per heavy atom. The molecule has 0 fully saturated rings. The van der Waals surface area contributed by atoms with Gasteiger partial charge in [-0.1, -0.05) is 60.2 Å². The number of aliphatic hydroxyl groups excluding tert-OH is 1. The van der Waals surface area contributed by atoms with Crippen molar-refractivity contribution in [3.8, 4) is 0 Å². The molecule has 0 saturated heterocycles. The molecule has 0 amide bonds. The van der Waals surface area contributed by atoms with E-state index in [4.69, 9.17) is 0 Å². The zero-order valence-corrected chi connectivity index (χ0v) is 13.1. The fourth-order valence-corrected chi connectivity index (χ4v) is 2.42. The van der Waals surface area contributed by atoms with Gasteiger partial charge in [0.1, 0.15) is 0 Å². The first-order chi connectivity index (χ1) is 10.00. The van der Waals surface area contributed by atoms with Crippen LogP contribution in [-0.2, 0) is 6.42 Å². The highest BCUT2D eigenvalue weighted by Crippen LogP contribution is 2.22. The Kier molecular flexibility index (Phi) is 5.16. The van der Waals surface area contributed by atoms with E-state index in [1.54, 1.807) is 0 Å². The molecular formula is C19H25NO. The summed E-state index contributed by atoms with van der Waals surface area (Å²) in [5, 5.41) is 13.1. The van der Waals surface area contributed by atoms with Gasteiger partial charge in [-0.25, -0.2) is 0 Å². The highest BCUT2D eigenvalue weighted by molar-refractivity contribution is 5.27. The predicted octanol–water partition coefficient (Wildman–Crippen LogP) is 3.64. The van der Waals surface area contributed by atoms with Gasteiger partial charge in [-0.05, 0) is 38.3 Å². The lowest BCUT2D eigenvalue weighted by Crippen LogP contribution is -2.45. The first-order valence-electron chi connectivity index (χ1n) is 7.49. The number of aryl methyl sites for hydroxylation is 1. The second-order valence-electron chi connectivity index (χ2n) is 6.34. The first-order valence-corrected chi connectivity index (χ1v) is 7.49. The van der Waals surface area contributed by atoms with Crippen LogP contribution in [0.1, 0.15) is 36.6 Å². The third-order valence-electron chi connectivity index (χ3n) is 3.72. The summed E-state index contributed by atoms with van der Waals surface area (Å²) in [5.41, 5.74) is 3.51. The van der Waals surface area contributed by atoms with Crippen molar-refractivity contribution < 1.29 is 5.11 Å². The number of hydrogen-bond acceptors (Lipinski definition) is 2. The molecule has 0 heterocycles. The quantitative estimate of drug-likeness (QED) is 0.848. The topological polar surface area (TPSA) is 32.3 Å². The third-order valence-corrected chi connectivity index (χ3v) is 3.72. The number of hydrogen-bond donors (Lipinski definition) is 2. The van der Waals surface area contributed by atoms with E-state index in [-0.39, 0.29) is 18.2 Å². The molecule has 0 unspecified atom stereocenters. The van der Waals surface area contributed by atoms with Crippen molar-refractivity contribution in [1.29, 1.82) is 0 Å². The van der Waals surface area contributed by atoms with Gasteiger partial charge >= 0.3 is 0 Å². The molecule has 0 aliphatic carbocycles. The standard InChI is InChI=1S/C19H25NO/c1-15-9-11-17(12-10-15)18(20-19(2,3)14-21)13-16-7-5-4-6-8-16/h4-12,18,20-21H,13-14H2,1-3H3/t18-/m0/s1. The molecule has 0 spiro atoms. The van der Waals surface area contributed by atoms with E-state index in [0.717, 1.165) is 6.42 Å². The highest BCUT2D eigenvalue weighted by Gasteiger charge is 2.22. The molecule has 0 aliphatic rings. The van der Waals surface area contributed by atoms with Crippen LogP contribution in [-0.4, -0.2) is 17.3 Å². The molecule has 2 heteroatoms. The lowest BCUT2D eigenvalue weighted by molar-refractivity contribution is 0.174. The lowest BCUT2D eigenvalue weighted by atomic mass is 9.95. The SMILES string of the molecule is Cc1ccc([C@H](Cc2ccccc2)NC(C)(C)CO)cc1. The van der Waals surface area contributed by atoms with Crippen LogP contribution in [0.4, 0.5) is 0 Å². The summed E-state index contributed by atoms with van der Waals surface area (Å²) in [5.74, 6) is 0. The third kappa shape index (κ3) is 4.69. The van der Waals surface area contributed by atoms with E-state index in [1.807, 2.05) is 19.9 Å². The van der Waals surface area contributed by atoms with E-state index >= 15 is 0 Å². The van der Waals surface area contributed by atoms with Gasteiger partial charge in [0.2, 0.25) is 0 Å². The molecule has 0 aliphatic heterocycles. The van der Waals surface area contributed by atoms with Crippen LogP contribution in [0.2, 0.25) is 0 Å². The molecule has 2 N–H and O–H groups in total. The number of aliphatic hydroxyl groups is 1. The summed E-state index contributed by atoms with van der Waals surface area (Å²) in [7, 11) is 0. The Bertz CT molecular complexity index is 546. The van der Waals surface area contributed by atoms with Crippen molar-refractivity contribution in [2.45, 2.75) is 38.8 Å². The van der Waals surface area contributed by atoms with Gasteiger partial charge in [-0.2, -0.15) is 0 Å². The summed E-state index contributed by atoms with van der Waals surface area (Å²) in [6.07, 6.45) is 0.910. The van der Waals surface area contributed by atoms with Gasteiger partial charge in [0.05, 0.1) is 6.61 Å². The molecular weight excluding hydrogens is 258 g/mol. The Morgan fingerprint density at radius 3 is 2.19 bits per heavy atom. The molecule has 0 bridgehead atoms. The van der Waals surface area contributed by atoms with Crippen LogP contribution < -0.4 is 5.32 Å². The van der Waals surface area contributed by atoms with Gasteiger partial charge in [0.25, 0.3) is 0 Å². The van der Waals surface area contributed by atoms with Gasteiger partial charge in [-0.15, -0.1) is 0 Å². The largest absolute Gasteiger partial charge is 0.394 e. The molecule has 2 aromatic rings. The van der Waals surface area contributed by atoms with Gasteiger partial charge < -0.3 is 10.4 Å². The normalized spacial score (nSPS) is 13.1. The molecule has 0 saturated carbocycles. The van der Waals surface area contributed by atoms with Crippen LogP contribution in [0, 0.1) is 6.92 Å². The van der Waals surface area contributed by atoms with Crippen molar-refractivity contribution in [1.82, 2.24) is 5.32 Å². The van der Waals surface area contributed by atoms with Crippen LogP contribution in [0.3, 0.4) is 0 Å². The average molecular weight is 283 g/mol. The van der Waals surface area contributed by atoms with Gasteiger partial charge in [0.15, 0.2) is 0 Å². The summed E-state index contributed by atoms with van der Waals surface area (Å²) in [6.45, 7) is 6.27. The maximum absolute atomic E-state index is 9.54. The molecule has 2 nitrogen and oxygen atoms in total. The Balaban J connectivity index is 2.23. The van der Waals surface area contributed by atoms with Crippen molar-refractivity contribution in [2.24, 2.45) is 0 Å². The maximum Gasteiger partial charge on any atom is 0.0608 e. The Hall–Kier alpha value is -1.64. The summed E-state index contributed by atoms with van der Waals surface area (Å²) in [4.78, 5) is 0. The van der Waals surface area contributed by atoms with Crippen molar-refractivity contribution in [3.63, 3.8) is 0 Å². The maximum atomic E-state index is 9.54. The average Bonchev–Trinajstić information content (AvgIpc) is 2.48. The molecule has 0 radical (unpaired) electrons. The van der Waals surface area contributed by atoms with E-state index in [2.05, 4.69) is 60.8 Å².